The Hall–Kier alpha value is 0.278. The summed E-state index contributed by atoms with van der Waals surface area (Å²) in [5.41, 5.74) is 0. The fourth-order valence-electron chi connectivity index (χ4n) is 1.26. The van der Waals surface area contributed by atoms with Gasteiger partial charge in [-0.3, -0.25) is 0 Å². The number of hydrogen-bond donors (Lipinski definition) is 1. The van der Waals surface area contributed by atoms with E-state index in [-0.39, 0.29) is 50.0 Å². The average molecular weight is 415 g/mol. The average Bonchev–Trinajstić information content (AvgIpc) is 2.79. The summed E-state index contributed by atoms with van der Waals surface area (Å²) in [7, 11) is -1.41. The first-order valence-electron chi connectivity index (χ1n) is 5.58. The van der Waals surface area contributed by atoms with Gasteiger partial charge in [0.05, 0.1) is 0 Å². The molecule has 0 aliphatic carbocycles. The molecule has 22 heavy (non-hydrogen) atoms. The maximum absolute atomic E-state index is 8.25. The number of benzene rings is 1. The molecule has 2 aromatic carbocycles. The van der Waals surface area contributed by atoms with Gasteiger partial charge in [0.15, 0.2) is 8.32 Å². The molecule has 0 fully saturated rings. The van der Waals surface area contributed by atoms with E-state index in [1.54, 1.807) is 0 Å². The summed E-state index contributed by atoms with van der Waals surface area (Å²) < 4.78 is 13.2. The normalized spacial score (nSPS) is 8.27. The van der Waals surface area contributed by atoms with Gasteiger partial charge in [-0.2, -0.15) is 17.5 Å². The van der Waals surface area contributed by atoms with Crippen LogP contribution in [0.4, 0.5) is 0 Å². The predicted molar refractivity (Wildman–Crippen MR) is 98.4 cm³/mol. The zero-order valence-corrected chi connectivity index (χ0v) is 18.5. The summed E-state index contributed by atoms with van der Waals surface area (Å²) in [4.78, 5) is 0. The van der Waals surface area contributed by atoms with Crippen molar-refractivity contribution in [1.29, 1.82) is 0 Å². The molecular weight excluding hydrogens is 391 g/mol. The number of aliphatic hydroxyl groups is 1. The van der Waals surface area contributed by atoms with Crippen LogP contribution in [0.1, 0.15) is 0 Å². The van der Waals surface area contributed by atoms with Crippen LogP contribution in [0.25, 0.3) is 10.8 Å². The molecule has 0 saturated carbocycles. The van der Waals surface area contributed by atoms with Crippen molar-refractivity contribution in [3.63, 3.8) is 0 Å². The molecule has 0 amide bonds. The molecule has 1 N–H and O–H groups in total. The van der Waals surface area contributed by atoms with Gasteiger partial charge >= 0.3 is 23.7 Å². The molecule has 0 heterocycles. The Morgan fingerprint density at radius 2 is 1.64 bits per heavy atom. The van der Waals surface area contributed by atoms with Gasteiger partial charge in [-0.1, -0.05) is 6.07 Å². The second-order valence-electron chi connectivity index (χ2n) is 4.54. The molecule has 0 spiro atoms. The fraction of sp³-hybridized carbons (Fsp3) is 0.286. The van der Waals surface area contributed by atoms with E-state index in [9.17, 15) is 0 Å². The van der Waals surface area contributed by atoms with E-state index in [1.165, 1.54) is 10.8 Å². The third-order valence-electron chi connectivity index (χ3n) is 2.05. The van der Waals surface area contributed by atoms with E-state index in [2.05, 4.69) is 42.5 Å². The maximum atomic E-state index is 8.25. The number of aliphatic hydroxyl groups excluding tert-OH is 1. The van der Waals surface area contributed by atoms with Crippen molar-refractivity contribution in [3.05, 3.63) is 49.9 Å². The van der Waals surface area contributed by atoms with Gasteiger partial charge in [0.2, 0.25) is 0 Å². The summed E-state index contributed by atoms with van der Waals surface area (Å²) >= 11 is 0.750. The van der Waals surface area contributed by atoms with Crippen LogP contribution in [0.3, 0.4) is 0 Å². The van der Waals surface area contributed by atoms with Crippen molar-refractivity contribution in [1.82, 2.24) is 0 Å². The van der Waals surface area contributed by atoms with E-state index < -0.39 is 8.32 Å². The molecule has 3 nitrogen and oxygen atoms in total. The Morgan fingerprint density at radius 1 is 1.14 bits per heavy atom. The van der Waals surface area contributed by atoms with Crippen molar-refractivity contribution in [2.24, 2.45) is 0 Å². The van der Waals surface area contributed by atoms with Crippen LogP contribution in [-0.4, -0.2) is 31.2 Å². The van der Waals surface area contributed by atoms with Crippen LogP contribution in [0.2, 0.25) is 19.6 Å². The fourth-order valence-corrected chi connectivity index (χ4v) is 1.65. The van der Waals surface area contributed by atoms with Gasteiger partial charge in [-0.15, -0.1) is 54.5 Å². The standard InChI is InChI=1S/C9H7.C4H12O2Si.CH3.2ClH.O.Si.Ti/c1-2-5-9-7-3-6-8(9)4-1;1-7(2,3)6-4-5;;;;;;/h1-7H;5H,4H2,1-3H3;1H3;2*1H;;;/q-1;;-1;;;;;+2. The molecule has 0 atom stereocenters. The van der Waals surface area contributed by atoms with Crippen molar-refractivity contribution in [3.8, 4) is 0 Å². The second-order valence-corrected chi connectivity index (χ2v) is 9.05. The van der Waals surface area contributed by atoms with Crippen LogP contribution in [0.15, 0.2) is 42.5 Å². The molecule has 0 saturated heterocycles. The number of hydrogen-bond acceptors (Lipinski definition) is 3. The summed E-state index contributed by atoms with van der Waals surface area (Å²) in [6.45, 7) is 5.96. The van der Waals surface area contributed by atoms with Gasteiger partial charge < -0.3 is 17.0 Å². The maximum Gasteiger partial charge on any atom is 0 e. The Kier molecular flexibility index (Phi) is 29.7. The SMILES string of the molecule is C[Si](C)(C)OCO.Cl.Cl.[CH3-].[O]=[Ti+2].[Si].c1ccc2[cH-]ccc2c1. The van der Waals surface area contributed by atoms with Gasteiger partial charge in [-0.25, -0.2) is 0 Å². The van der Waals surface area contributed by atoms with Crippen LogP contribution in [0.5, 0.6) is 0 Å². The van der Waals surface area contributed by atoms with Gasteiger partial charge in [0.25, 0.3) is 0 Å². The van der Waals surface area contributed by atoms with Crippen LogP contribution in [-0.2, 0) is 28.2 Å². The Bertz CT molecular complexity index is 421. The van der Waals surface area contributed by atoms with E-state index >= 15 is 0 Å². The van der Waals surface area contributed by atoms with Crippen molar-refractivity contribution in [2.75, 3.05) is 6.79 Å². The Balaban J connectivity index is -0.0000000691. The molecule has 0 aliphatic heterocycles. The third kappa shape index (κ3) is 16.6. The zero-order chi connectivity index (χ0) is 14.0. The quantitative estimate of drug-likeness (QED) is 0.456. The monoisotopic (exact) mass is 414 g/mol. The van der Waals surface area contributed by atoms with Gasteiger partial charge in [0.1, 0.15) is 6.79 Å². The number of halogens is 2. The van der Waals surface area contributed by atoms with Gasteiger partial charge in [-0.05, 0) is 19.6 Å². The van der Waals surface area contributed by atoms with Crippen molar-refractivity contribution in [2.45, 2.75) is 19.6 Å². The first-order valence-corrected chi connectivity index (χ1v) is 9.63. The zero-order valence-electron chi connectivity index (χ0n) is 13.3. The summed E-state index contributed by atoms with van der Waals surface area (Å²) in [5.74, 6) is 0. The van der Waals surface area contributed by atoms with E-state index in [4.69, 9.17) is 12.9 Å². The van der Waals surface area contributed by atoms with Gasteiger partial charge in [0, 0.05) is 11.0 Å². The minimum absolute atomic E-state index is 0. The van der Waals surface area contributed by atoms with E-state index in [1.807, 2.05) is 19.6 Å². The summed E-state index contributed by atoms with van der Waals surface area (Å²) in [6.07, 6.45) is 0. The summed E-state index contributed by atoms with van der Waals surface area (Å²) in [6, 6.07) is 14.7. The van der Waals surface area contributed by atoms with E-state index in [0.29, 0.717) is 0 Å². The first kappa shape index (κ1) is 33.8. The van der Waals surface area contributed by atoms with Crippen LogP contribution < -0.4 is 0 Å². The molecule has 0 aliphatic rings. The molecule has 0 aromatic heterocycles. The van der Waals surface area contributed by atoms with E-state index in [0.717, 1.165) is 20.4 Å². The Morgan fingerprint density at radius 3 is 2.00 bits per heavy atom. The summed E-state index contributed by atoms with van der Waals surface area (Å²) in [5, 5.41) is 10.9. The van der Waals surface area contributed by atoms with Crippen LogP contribution in [0, 0.1) is 7.43 Å². The molecule has 2 rings (SSSR count). The molecule has 0 unspecified atom stereocenters. The predicted octanol–water partition coefficient (Wildman–Crippen LogP) is 4.14. The number of fused-ring (bicyclic) bond motifs is 1. The minimum Gasteiger partial charge on any atom is -0.168 e. The topological polar surface area (TPSA) is 46.5 Å². The van der Waals surface area contributed by atoms with Crippen LogP contribution >= 0.6 is 24.8 Å². The van der Waals surface area contributed by atoms with Crippen molar-refractivity contribution < 1.29 is 33.3 Å². The molecule has 124 valence electrons. The largest absolute Gasteiger partial charge is 0.168 e. The van der Waals surface area contributed by atoms with Crippen molar-refractivity contribution >= 4 is 54.9 Å². The molecule has 0 bridgehead atoms. The second kappa shape index (κ2) is 19.3. The minimum atomic E-state index is -1.41. The molecule has 2 aromatic rings. The third-order valence-corrected chi connectivity index (χ3v) is 3.04. The molecular formula is C14H24Cl2O3Si2Ti. The molecule has 4 radical (unpaired) electrons. The smallest absolute Gasteiger partial charge is 0 e. The molecule has 8 heteroatoms. The first-order chi connectivity index (χ1) is 8.53. The Labute approximate surface area is 163 Å². The number of rotatable bonds is 2.